The fourth-order valence-corrected chi connectivity index (χ4v) is 4.31. The van der Waals surface area contributed by atoms with Gasteiger partial charge in [-0.1, -0.05) is 18.2 Å². The topological polar surface area (TPSA) is 73.9 Å². The molecule has 0 aliphatic carbocycles. The lowest BCUT2D eigenvalue weighted by molar-refractivity contribution is 0.171. The van der Waals surface area contributed by atoms with E-state index in [0.717, 1.165) is 11.3 Å². The van der Waals surface area contributed by atoms with Crippen LogP contribution in [-0.2, 0) is 10.0 Å². The van der Waals surface area contributed by atoms with Gasteiger partial charge in [-0.15, -0.1) is 11.3 Å². The third-order valence-corrected chi connectivity index (χ3v) is 5.94. The van der Waals surface area contributed by atoms with Crippen LogP contribution in [0.5, 0.6) is 17.2 Å². The monoisotopic (exact) mass is 353 g/mol. The van der Waals surface area contributed by atoms with Gasteiger partial charge < -0.3 is 14.2 Å². The molecule has 0 fully saturated rings. The average molecular weight is 353 g/mol. The predicted octanol–water partition coefficient (Wildman–Crippen LogP) is 3.32. The lowest BCUT2D eigenvalue weighted by Gasteiger charge is -2.14. The Morgan fingerprint density at radius 1 is 1.35 bits per heavy atom. The summed E-state index contributed by atoms with van der Waals surface area (Å²) in [5.74, 6) is 1.23. The summed E-state index contributed by atoms with van der Waals surface area (Å²) >= 11 is 1.14. The van der Waals surface area contributed by atoms with Gasteiger partial charge in [-0.2, -0.15) is 0 Å². The summed E-state index contributed by atoms with van der Waals surface area (Å²) in [5.41, 5.74) is 1.02. The van der Waals surface area contributed by atoms with Gasteiger partial charge in [0.25, 0.3) is 10.0 Å². The number of sulfonamides is 1. The van der Waals surface area contributed by atoms with Crippen molar-refractivity contribution in [3.8, 4) is 17.2 Å². The molecule has 0 radical (unpaired) electrons. The van der Waals surface area contributed by atoms with E-state index in [9.17, 15) is 8.42 Å². The van der Waals surface area contributed by atoms with Crippen LogP contribution >= 0.6 is 11.3 Å². The molecular formula is C15H15NO5S2. The molecule has 0 saturated heterocycles. The van der Waals surface area contributed by atoms with Crippen molar-refractivity contribution in [1.82, 2.24) is 0 Å². The first-order chi connectivity index (χ1) is 11.1. The minimum atomic E-state index is -3.67. The largest absolute Gasteiger partial charge is 0.492 e. The number of rotatable bonds is 5. The van der Waals surface area contributed by atoms with Gasteiger partial charge in [-0.25, -0.2) is 8.42 Å². The highest BCUT2D eigenvalue weighted by molar-refractivity contribution is 7.94. The number of hydrogen-bond acceptors (Lipinski definition) is 6. The summed E-state index contributed by atoms with van der Waals surface area (Å²) in [6.07, 6.45) is 3.64. The molecule has 2 aromatic rings. The number of hydrogen-bond donors (Lipinski definition) is 1. The molecule has 0 amide bonds. The highest BCUT2D eigenvalue weighted by atomic mass is 32.2. The van der Waals surface area contributed by atoms with E-state index in [1.807, 2.05) is 19.1 Å². The SMILES string of the molecule is C/C=C/c1cc(NS(=O)(=O)c2cccs2)c2c(c1OC)OCO2. The van der Waals surface area contributed by atoms with E-state index in [2.05, 4.69) is 4.72 Å². The van der Waals surface area contributed by atoms with Gasteiger partial charge in [0.15, 0.2) is 11.5 Å². The van der Waals surface area contributed by atoms with E-state index in [1.165, 1.54) is 7.11 Å². The first-order valence-corrected chi connectivity index (χ1v) is 9.12. The Labute approximate surface area is 138 Å². The Balaban J connectivity index is 2.10. The molecule has 1 aliphatic rings. The van der Waals surface area contributed by atoms with Crippen LogP contribution in [0.3, 0.4) is 0 Å². The molecule has 1 aliphatic heterocycles. The fourth-order valence-electron chi connectivity index (χ4n) is 2.27. The standard InChI is InChI=1S/C15H15NO5S2/c1-3-5-10-8-11(14-15(13(10)19-2)21-9-20-14)16-23(17,18)12-6-4-7-22-12/h3-8,16H,9H2,1-2H3/b5-3+. The van der Waals surface area contributed by atoms with Crippen molar-refractivity contribution in [2.24, 2.45) is 0 Å². The zero-order chi connectivity index (χ0) is 16.4. The van der Waals surface area contributed by atoms with E-state index in [-0.39, 0.29) is 11.0 Å². The van der Waals surface area contributed by atoms with Gasteiger partial charge >= 0.3 is 0 Å². The zero-order valence-electron chi connectivity index (χ0n) is 12.5. The Hall–Kier alpha value is -2.19. The van der Waals surface area contributed by atoms with Crippen molar-refractivity contribution in [2.75, 3.05) is 18.6 Å². The molecule has 1 N–H and O–H groups in total. The van der Waals surface area contributed by atoms with E-state index in [1.54, 1.807) is 23.6 Å². The van der Waals surface area contributed by atoms with Crippen LogP contribution in [0.2, 0.25) is 0 Å². The molecule has 122 valence electrons. The van der Waals surface area contributed by atoms with Crippen LogP contribution in [0.25, 0.3) is 6.08 Å². The summed E-state index contributed by atoms with van der Waals surface area (Å²) in [6.45, 7) is 1.87. The summed E-state index contributed by atoms with van der Waals surface area (Å²) in [6, 6.07) is 4.89. The zero-order valence-corrected chi connectivity index (χ0v) is 14.2. The van der Waals surface area contributed by atoms with Crippen LogP contribution in [0.15, 0.2) is 33.9 Å². The van der Waals surface area contributed by atoms with Gasteiger partial charge in [0, 0.05) is 5.56 Å². The second kappa shape index (κ2) is 6.13. The van der Waals surface area contributed by atoms with Crippen molar-refractivity contribution in [1.29, 1.82) is 0 Å². The number of ether oxygens (including phenoxy) is 3. The lowest BCUT2D eigenvalue weighted by Crippen LogP contribution is -2.12. The molecule has 0 bridgehead atoms. The number of methoxy groups -OCH3 is 1. The molecule has 1 aromatic heterocycles. The Kier molecular flexibility index (Phi) is 4.18. The van der Waals surface area contributed by atoms with Crippen LogP contribution in [0.1, 0.15) is 12.5 Å². The maximum atomic E-state index is 12.4. The fraction of sp³-hybridized carbons (Fsp3) is 0.200. The van der Waals surface area contributed by atoms with Crippen molar-refractivity contribution in [3.05, 3.63) is 35.2 Å². The molecule has 3 rings (SSSR count). The van der Waals surface area contributed by atoms with Gasteiger partial charge in [-0.3, -0.25) is 4.72 Å². The second-order valence-corrected chi connectivity index (χ2v) is 7.51. The number of nitrogens with one attached hydrogen (secondary N) is 1. The van der Waals surface area contributed by atoms with Crippen LogP contribution in [-0.4, -0.2) is 22.3 Å². The van der Waals surface area contributed by atoms with E-state index < -0.39 is 10.0 Å². The van der Waals surface area contributed by atoms with Crippen molar-refractivity contribution >= 4 is 33.1 Å². The molecule has 0 atom stereocenters. The summed E-state index contributed by atoms with van der Waals surface area (Å²) in [5, 5.41) is 1.71. The molecule has 0 spiro atoms. The first-order valence-electron chi connectivity index (χ1n) is 6.76. The lowest BCUT2D eigenvalue weighted by atomic mass is 10.1. The number of anilines is 1. The maximum absolute atomic E-state index is 12.4. The van der Waals surface area contributed by atoms with Crippen LogP contribution in [0.4, 0.5) is 5.69 Å². The summed E-state index contributed by atoms with van der Waals surface area (Å²) in [7, 11) is -2.15. The molecule has 6 nitrogen and oxygen atoms in total. The van der Waals surface area contributed by atoms with Gasteiger partial charge in [-0.05, 0) is 24.4 Å². The molecule has 23 heavy (non-hydrogen) atoms. The number of thiophene rings is 1. The van der Waals surface area contributed by atoms with Crippen molar-refractivity contribution in [2.45, 2.75) is 11.1 Å². The number of allylic oxidation sites excluding steroid dienone is 1. The predicted molar refractivity (Wildman–Crippen MR) is 89.0 cm³/mol. The highest BCUT2D eigenvalue weighted by Gasteiger charge is 2.28. The minimum Gasteiger partial charge on any atom is -0.492 e. The van der Waals surface area contributed by atoms with E-state index >= 15 is 0 Å². The third kappa shape index (κ3) is 2.87. The summed E-state index contributed by atoms with van der Waals surface area (Å²) in [4.78, 5) is 0. The Morgan fingerprint density at radius 2 is 2.13 bits per heavy atom. The first kappa shape index (κ1) is 15.7. The van der Waals surface area contributed by atoms with Crippen LogP contribution < -0.4 is 18.9 Å². The molecule has 2 heterocycles. The van der Waals surface area contributed by atoms with Gasteiger partial charge in [0.05, 0.1) is 12.8 Å². The second-order valence-electron chi connectivity index (χ2n) is 4.65. The molecule has 0 unspecified atom stereocenters. The third-order valence-electron chi connectivity index (χ3n) is 3.18. The maximum Gasteiger partial charge on any atom is 0.271 e. The van der Waals surface area contributed by atoms with Crippen molar-refractivity contribution < 1.29 is 22.6 Å². The average Bonchev–Trinajstić information content (AvgIpc) is 3.19. The quantitative estimate of drug-likeness (QED) is 0.892. The smallest absolute Gasteiger partial charge is 0.271 e. The molecular weight excluding hydrogens is 338 g/mol. The van der Waals surface area contributed by atoms with Crippen molar-refractivity contribution in [3.63, 3.8) is 0 Å². The van der Waals surface area contributed by atoms with E-state index in [4.69, 9.17) is 14.2 Å². The number of benzene rings is 1. The van der Waals surface area contributed by atoms with Gasteiger partial charge in [0.1, 0.15) is 4.21 Å². The Bertz CT molecular complexity index is 841. The number of fused-ring (bicyclic) bond motifs is 1. The van der Waals surface area contributed by atoms with Crippen LogP contribution in [0, 0.1) is 0 Å². The highest BCUT2D eigenvalue weighted by Crippen LogP contribution is 2.49. The van der Waals surface area contributed by atoms with E-state index in [0.29, 0.717) is 28.5 Å². The summed E-state index contributed by atoms with van der Waals surface area (Å²) < 4.78 is 43.9. The molecule has 8 heteroatoms. The minimum absolute atomic E-state index is 0.0126. The normalized spacial score (nSPS) is 13.5. The molecule has 1 aromatic carbocycles. The Morgan fingerprint density at radius 3 is 2.78 bits per heavy atom. The van der Waals surface area contributed by atoms with Gasteiger partial charge in [0.2, 0.25) is 12.5 Å². The molecule has 0 saturated carbocycles.